The van der Waals surface area contributed by atoms with E-state index in [9.17, 15) is 4.79 Å². The molecular formula is C18H23N3O2. The molecule has 1 fully saturated rings. The van der Waals surface area contributed by atoms with E-state index in [2.05, 4.69) is 10.2 Å². The molecule has 1 aliphatic rings. The fraction of sp³-hybridized carbons (Fsp3) is 0.500. The highest BCUT2D eigenvalue weighted by molar-refractivity contribution is 5.78. The number of piperidine rings is 1. The summed E-state index contributed by atoms with van der Waals surface area (Å²) in [4.78, 5) is 14.1. The summed E-state index contributed by atoms with van der Waals surface area (Å²) in [6.07, 6.45) is 1.96. The lowest BCUT2D eigenvalue weighted by atomic mass is 9.97. The molecule has 0 bridgehead atoms. The predicted octanol–water partition coefficient (Wildman–Crippen LogP) is 3.41. The maximum atomic E-state index is 12.2. The Morgan fingerprint density at radius 1 is 1.30 bits per heavy atom. The van der Waals surface area contributed by atoms with E-state index in [1.165, 1.54) is 0 Å². The summed E-state index contributed by atoms with van der Waals surface area (Å²) in [5.74, 6) is 1.57. The standard InChI is InChI=1S/C18H23N3O2/c1-12(2)18(22)21-10-6-8-14(11-21)16-19-20-17(23-16)15-9-5-4-7-13(15)3/h4-5,7,9,12,14H,6,8,10-11H2,1-3H3/t14-/m1/s1. The van der Waals surface area contributed by atoms with Crippen LogP contribution in [0.25, 0.3) is 11.5 Å². The van der Waals surface area contributed by atoms with Crippen LogP contribution in [-0.2, 0) is 4.79 Å². The SMILES string of the molecule is Cc1ccccc1-c1nnc([C@@H]2CCCN(C(=O)C(C)C)C2)o1. The van der Waals surface area contributed by atoms with E-state index in [4.69, 9.17) is 4.42 Å². The Balaban J connectivity index is 1.78. The lowest BCUT2D eigenvalue weighted by Gasteiger charge is -2.32. The number of hydrogen-bond acceptors (Lipinski definition) is 4. The Bertz CT molecular complexity index is 693. The van der Waals surface area contributed by atoms with Crippen molar-refractivity contribution in [3.8, 4) is 11.5 Å². The van der Waals surface area contributed by atoms with Crippen molar-refractivity contribution in [3.05, 3.63) is 35.7 Å². The Morgan fingerprint density at radius 2 is 2.09 bits per heavy atom. The third-order valence-electron chi connectivity index (χ3n) is 4.39. The van der Waals surface area contributed by atoms with Crippen LogP contribution in [0.2, 0.25) is 0 Å². The fourth-order valence-electron chi connectivity index (χ4n) is 3.07. The van der Waals surface area contributed by atoms with Gasteiger partial charge in [0.25, 0.3) is 0 Å². The van der Waals surface area contributed by atoms with Gasteiger partial charge in [-0.15, -0.1) is 10.2 Å². The Hall–Kier alpha value is -2.17. The lowest BCUT2D eigenvalue weighted by Crippen LogP contribution is -2.41. The molecule has 1 amide bonds. The van der Waals surface area contributed by atoms with E-state index >= 15 is 0 Å². The molecule has 3 rings (SSSR count). The molecule has 1 saturated heterocycles. The van der Waals surface area contributed by atoms with Crippen LogP contribution < -0.4 is 0 Å². The van der Waals surface area contributed by atoms with Crippen molar-refractivity contribution < 1.29 is 9.21 Å². The van der Waals surface area contributed by atoms with E-state index in [0.29, 0.717) is 18.3 Å². The van der Waals surface area contributed by atoms with Gasteiger partial charge in [-0.2, -0.15) is 0 Å². The van der Waals surface area contributed by atoms with Crippen molar-refractivity contribution in [3.63, 3.8) is 0 Å². The molecule has 2 aromatic rings. The number of rotatable bonds is 3. The lowest BCUT2D eigenvalue weighted by molar-refractivity contribution is -0.135. The summed E-state index contributed by atoms with van der Waals surface area (Å²) in [5.41, 5.74) is 2.08. The van der Waals surface area contributed by atoms with Gasteiger partial charge in [-0.1, -0.05) is 32.0 Å². The van der Waals surface area contributed by atoms with Crippen molar-refractivity contribution in [2.45, 2.75) is 39.5 Å². The monoisotopic (exact) mass is 313 g/mol. The van der Waals surface area contributed by atoms with Crippen LogP contribution in [0.4, 0.5) is 0 Å². The number of nitrogens with zero attached hydrogens (tertiary/aromatic N) is 3. The summed E-state index contributed by atoms with van der Waals surface area (Å²) in [7, 11) is 0. The van der Waals surface area contributed by atoms with Gasteiger partial charge in [-0.25, -0.2) is 0 Å². The predicted molar refractivity (Wildman–Crippen MR) is 87.9 cm³/mol. The molecule has 5 nitrogen and oxygen atoms in total. The number of aryl methyl sites for hydroxylation is 1. The molecule has 1 aromatic carbocycles. The number of likely N-dealkylation sites (tertiary alicyclic amines) is 1. The minimum Gasteiger partial charge on any atom is -0.420 e. The molecule has 23 heavy (non-hydrogen) atoms. The Morgan fingerprint density at radius 3 is 2.83 bits per heavy atom. The van der Waals surface area contributed by atoms with Gasteiger partial charge in [-0.05, 0) is 31.4 Å². The quantitative estimate of drug-likeness (QED) is 0.871. The second-order valence-electron chi connectivity index (χ2n) is 6.54. The first kappa shape index (κ1) is 15.7. The highest BCUT2D eigenvalue weighted by Gasteiger charge is 2.29. The van der Waals surface area contributed by atoms with E-state index < -0.39 is 0 Å². The van der Waals surface area contributed by atoms with Gasteiger partial charge in [0.15, 0.2) is 0 Å². The molecule has 0 spiro atoms. The molecule has 122 valence electrons. The number of benzene rings is 1. The number of hydrogen-bond donors (Lipinski definition) is 0. The maximum absolute atomic E-state index is 12.2. The van der Waals surface area contributed by atoms with Crippen LogP contribution in [-0.4, -0.2) is 34.1 Å². The maximum Gasteiger partial charge on any atom is 0.248 e. The minimum atomic E-state index is 0.0268. The van der Waals surface area contributed by atoms with Crippen LogP contribution in [0.15, 0.2) is 28.7 Å². The van der Waals surface area contributed by atoms with Crippen molar-refractivity contribution in [2.24, 2.45) is 5.92 Å². The molecule has 0 saturated carbocycles. The van der Waals surface area contributed by atoms with Crippen LogP contribution in [0.3, 0.4) is 0 Å². The molecule has 0 N–H and O–H groups in total. The van der Waals surface area contributed by atoms with Gasteiger partial charge >= 0.3 is 0 Å². The van der Waals surface area contributed by atoms with Gasteiger partial charge in [0, 0.05) is 24.6 Å². The summed E-state index contributed by atoms with van der Waals surface area (Å²) in [6, 6.07) is 7.98. The van der Waals surface area contributed by atoms with Gasteiger partial charge < -0.3 is 9.32 Å². The Kier molecular flexibility index (Phi) is 4.46. The number of carbonyl (C=O) groups is 1. The molecule has 1 atom stereocenters. The molecule has 5 heteroatoms. The van der Waals surface area contributed by atoms with E-state index in [0.717, 1.165) is 30.5 Å². The zero-order valence-corrected chi connectivity index (χ0v) is 14.0. The number of aromatic nitrogens is 2. The van der Waals surface area contributed by atoms with Gasteiger partial charge in [0.1, 0.15) is 0 Å². The average Bonchev–Trinajstić information content (AvgIpc) is 3.04. The van der Waals surface area contributed by atoms with Crippen molar-refractivity contribution in [1.82, 2.24) is 15.1 Å². The van der Waals surface area contributed by atoms with E-state index in [1.54, 1.807) is 0 Å². The number of amides is 1. The smallest absolute Gasteiger partial charge is 0.248 e. The van der Waals surface area contributed by atoms with E-state index in [-0.39, 0.29) is 17.7 Å². The third kappa shape index (κ3) is 3.28. The first-order chi connectivity index (χ1) is 11.1. The summed E-state index contributed by atoms with van der Waals surface area (Å²) in [5, 5.41) is 8.45. The molecule has 0 aliphatic carbocycles. The first-order valence-corrected chi connectivity index (χ1v) is 8.24. The minimum absolute atomic E-state index is 0.0268. The highest BCUT2D eigenvalue weighted by Crippen LogP contribution is 2.29. The van der Waals surface area contributed by atoms with Crippen molar-refractivity contribution >= 4 is 5.91 Å². The topological polar surface area (TPSA) is 59.2 Å². The van der Waals surface area contributed by atoms with Crippen molar-refractivity contribution in [1.29, 1.82) is 0 Å². The third-order valence-corrected chi connectivity index (χ3v) is 4.39. The fourth-order valence-corrected chi connectivity index (χ4v) is 3.07. The van der Waals surface area contributed by atoms with Crippen LogP contribution in [0.5, 0.6) is 0 Å². The molecule has 1 aliphatic heterocycles. The van der Waals surface area contributed by atoms with Gasteiger partial charge in [-0.3, -0.25) is 4.79 Å². The second kappa shape index (κ2) is 6.52. The first-order valence-electron chi connectivity index (χ1n) is 8.24. The van der Waals surface area contributed by atoms with E-state index in [1.807, 2.05) is 49.9 Å². The zero-order chi connectivity index (χ0) is 16.4. The summed E-state index contributed by atoms with van der Waals surface area (Å²) in [6.45, 7) is 7.41. The van der Waals surface area contributed by atoms with Crippen LogP contribution >= 0.6 is 0 Å². The molecule has 2 heterocycles. The van der Waals surface area contributed by atoms with Gasteiger partial charge in [0.05, 0.1) is 5.92 Å². The zero-order valence-electron chi connectivity index (χ0n) is 14.0. The average molecular weight is 313 g/mol. The molecular weight excluding hydrogens is 290 g/mol. The largest absolute Gasteiger partial charge is 0.420 e. The second-order valence-corrected chi connectivity index (χ2v) is 6.54. The highest BCUT2D eigenvalue weighted by atomic mass is 16.4. The summed E-state index contributed by atoms with van der Waals surface area (Å²) >= 11 is 0. The summed E-state index contributed by atoms with van der Waals surface area (Å²) < 4.78 is 5.92. The van der Waals surface area contributed by atoms with Crippen molar-refractivity contribution in [2.75, 3.05) is 13.1 Å². The van der Waals surface area contributed by atoms with Gasteiger partial charge in [0.2, 0.25) is 17.7 Å². The number of carbonyl (C=O) groups excluding carboxylic acids is 1. The van der Waals surface area contributed by atoms with Crippen LogP contribution in [0, 0.1) is 12.8 Å². The molecule has 1 aromatic heterocycles. The molecule has 0 radical (unpaired) electrons. The molecule has 0 unspecified atom stereocenters. The van der Waals surface area contributed by atoms with Crippen LogP contribution in [0.1, 0.15) is 44.1 Å². The normalized spacial score (nSPS) is 18.4. The Labute approximate surface area is 136 Å².